The van der Waals surface area contributed by atoms with Crippen molar-refractivity contribution in [3.05, 3.63) is 54.1 Å². The molecular formula is C19H24N2O2S. The van der Waals surface area contributed by atoms with E-state index in [-0.39, 0.29) is 0 Å². The lowest BCUT2D eigenvalue weighted by Crippen LogP contribution is -2.27. The summed E-state index contributed by atoms with van der Waals surface area (Å²) in [7, 11) is 0. The summed E-state index contributed by atoms with van der Waals surface area (Å²) in [4.78, 5) is 12.9. The summed E-state index contributed by atoms with van der Waals surface area (Å²) in [6.45, 7) is 5.53. The van der Waals surface area contributed by atoms with Gasteiger partial charge in [-0.05, 0) is 63.1 Å². The second-order valence-electron chi connectivity index (χ2n) is 6.50. The molecule has 0 aliphatic rings. The van der Waals surface area contributed by atoms with Crippen LogP contribution < -0.4 is 11.1 Å². The van der Waals surface area contributed by atoms with Gasteiger partial charge in [0, 0.05) is 22.0 Å². The molecule has 0 bridgehead atoms. The summed E-state index contributed by atoms with van der Waals surface area (Å²) in [5.74, 6) is 0.944. The number of hydrogen-bond acceptors (Lipinski definition) is 4. The number of ether oxygens (including phenoxy) is 1. The highest BCUT2D eigenvalue weighted by Crippen LogP contribution is 2.23. The third kappa shape index (κ3) is 6.54. The molecule has 2 aromatic rings. The molecule has 2 aromatic carbocycles. The van der Waals surface area contributed by atoms with Crippen LogP contribution in [0.2, 0.25) is 0 Å². The highest BCUT2D eigenvalue weighted by Gasteiger charge is 2.16. The van der Waals surface area contributed by atoms with Crippen molar-refractivity contribution in [3.63, 3.8) is 0 Å². The number of nitrogens with two attached hydrogens (primary N) is 1. The summed E-state index contributed by atoms with van der Waals surface area (Å²) in [5, 5.41) is 2.76. The second kappa shape index (κ2) is 8.11. The van der Waals surface area contributed by atoms with E-state index >= 15 is 0 Å². The number of aryl methyl sites for hydroxylation is 1. The normalized spacial score (nSPS) is 11.1. The van der Waals surface area contributed by atoms with Crippen LogP contribution in [0.15, 0.2) is 53.4 Å². The summed E-state index contributed by atoms with van der Waals surface area (Å²) < 4.78 is 5.26. The fraction of sp³-hybridized carbons (Fsp3) is 0.316. The minimum Gasteiger partial charge on any atom is -0.444 e. The van der Waals surface area contributed by atoms with Gasteiger partial charge < -0.3 is 10.5 Å². The maximum absolute atomic E-state index is 11.8. The Kier molecular flexibility index (Phi) is 6.15. The molecule has 3 N–H and O–H groups in total. The molecule has 24 heavy (non-hydrogen) atoms. The Balaban J connectivity index is 1.87. The van der Waals surface area contributed by atoms with E-state index in [1.54, 1.807) is 11.8 Å². The van der Waals surface area contributed by atoms with Crippen molar-refractivity contribution in [2.24, 2.45) is 0 Å². The maximum Gasteiger partial charge on any atom is 0.412 e. The molecule has 0 spiro atoms. The van der Waals surface area contributed by atoms with Gasteiger partial charge in [0.2, 0.25) is 0 Å². The fourth-order valence-electron chi connectivity index (χ4n) is 2.12. The number of rotatable bonds is 5. The number of benzene rings is 2. The molecule has 0 unspecified atom stereocenters. The number of nitrogen functional groups attached to an aromatic ring is 1. The van der Waals surface area contributed by atoms with Crippen molar-refractivity contribution in [2.75, 3.05) is 16.8 Å². The van der Waals surface area contributed by atoms with Gasteiger partial charge in [-0.25, -0.2) is 4.79 Å². The van der Waals surface area contributed by atoms with Gasteiger partial charge in [-0.15, -0.1) is 11.8 Å². The first-order valence-electron chi connectivity index (χ1n) is 7.89. The Bertz CT molecular complexity index is 696. The molecule has 0 aromatic heterocycles. The van der Waals surface area contributed by atoms with E-state index in [9.17, 15) is 4.79 Å². The van der Waals surface area contributed by atoms with E-state index in [1.165, 1.54) is 5.56 Å². The zero-order chi connectivity index (χ0) is 17.6. The summed E-state index contributed by atoms with van der Waals surface area (Å²) in [6.07, 6.45) is 0.504. The fourth-order valence-corrected chi connectivity index (χ4v) is 3.08. The van der Waals surface area contributed by atoms with Gasteiger partial charge in [-0.2, -0.15) is 0 Å². The van der Waals surface area contributed by atoms with Crippen molar-refractivity contribution in [3.8, 4) is 0 Å². The molecule has 5 heteroatoms. The molecule has 0 saturated carbocycles. The molecule has 0 fully saturated rings. The van der Waals surface area contributed by atoms with Crippen molar-refractivity contribution >= 4 is 29.2 Å². The standard InChI is InChI=1S/C19H24N2O2S/c1-19(2,3)23-18(22)21-16-8-5-9-17(13-16)24-11-10-14-6-4-7-15(20)12-14/h4-9,12-13H,10-11,20H2,1-3H3,(H,21,22). The number of thioether (sulfide) groups is 1. The number of amides is 1. The second-order valence-corrected chi connectivity index (χ2v) is 7.67. The lowest BCUT2D eigenvalue weighted by atomic mass is 10.1. The predicted molar refractivity (Wildman–Crippen MR) is 102 cm³/mol. The van der Waals surface area contributed by atoms with Crippen LogP contribution in [-0.4, -0.2) is 17.4 Å². The van der Waals surface area contributed by atoms with Gasteiger partial charge in [0.25, 0.3) is 0 Å². The molecule has 0 atom stereocenters. The highest BCUT2D eigenvalue weighted by molar-refractivity contribution is 7.99. The van der Waals surface area contributed by atoms with E-state index in [1.807, 2.05) is 63.2 Å². The average molecular weight is 344 g/mol. The first kappa shape index (κ1) is 18.2. The predicted octanol–water partition coefficient (Wildman–Crippen LogP) is 4.95. The monoisotopic (exact) mass is 344 g/mol. The van der Waals surface area contributed by atoms with Crippen LogP contribution in [0.4, 0.5) is 16.2 Å². The van der Waals surface area contributed by atoms with Crippen LogP contribution in [0.1, 0.15) is 26.3 Å². The molecule has 4 nitrogen and oxygen atoms in total. The molecule has 0 aliphatic carbocycles. The van der Waals surface area contributed by atoms with Crippen LogP contribution >= 0.6 is 11.8 Å². The van der Waals surface area contributed by atoms with E-state index in [4.69, 9.17) is 10.5 Å². The van der Waals surface area contributed by atoms with Gasteiger partial charge in [-0.1, -0.05) is 18.2 Å². The van der Waals surface area contributed by atoms with Crippen LogP contribution in [0.25, 0.3) is 0 Å². The third-order valence-electron chi connectivity index (χ3n) is 3.09. The molecule has 0 heterocycles. The lowest BCUT2D eigenvalue weighted by molar-refractivity contribution is 0.0636. The average Bonchev–Trinajstić information content (AvgIpc) is 2.45. The van der Waals surface area contributed by atoms with Gasteiger partial charge >= 0.3 is 6.09 Å². The number of carbonyl (C=O) groups is 1. The zero-order valence-corrected chi connectivity index (χ0v) is 15.2. The largest absolute Gasteiger partial charge is 0.444 e. The van der Waals surface area contributed by atoms with Crippen LogP contribution in [0, 0.1) is 0 Å². The molecule has 0 saturated heterocycles. The van der Waals surface area contributed by atoms with Crippen molar-refractivity contribution in [1.82, 2.24) is 0 Å². The first-order valence-corrected chi connectivity index (χ1v) is 8.88. The van der Waals surface area contributed by atoms with Gasteiger partial charge in [0.15, 0.2) is 0 Å². The smallest absolute Gasteiger partial charge is 0.412 e. The quantitative estimate of drug-likeness (QED) is 0.595. The van der Waals surface area contributed by atoms with Crippen LogP contribution in [-0.2, 0) is 11.2 Å². The Morgan fingerprint density at radius 1 is 1.17 bits per heavy atom. The number of carbonyl (C=O) groups excluding carboxylic acids is 1. The Hall–Kier alpha value is -2.14. The zero-order valence-electron chi connectivity index (χ0n) is 14.3. The maximum atomic E-state index is 11.8. The molecular weight excluding hydrogens is 320 g/mol. The van der Waals surface area contributed by atoms with Gasteiger partial charge in [0.05, 0.1) is 0 Å². The van der Waals surface area contributed by atoms with E-state index in [0.717, 1.165) is 28.4 Å². The lowest BCUT2D eigenvalue weighted by Gasteiger charge is -2.19. The van der Waals surface area contributed by atoms with Crippen LogP contribution in [0.3, 0.4) is 0 Å². The van der Waals surface area contributed by atoms with Crippen molar-refractivity contribution in [1.29, 1.82) is 0 Å². The molecule has 0 aliphatic heterocycles. The first-order chi connectivity index (χ1) is 11.3. The number of nitrogens with one attached hydrogen (secondary N) is 1. The summed E-state index contributed by atoms with van der Waals surface area (Å²) in [5.41, 5.74) is 8.04. The summed E-state index contributed by atoms with van der Waals surface area (Å²) in [6, 6.07) is 15.7. The van der Waals surface area contributed by atoms with E-state index < -0.39 is 11.7 Å². The van der Waals surface area contributed by atoms with Gasteiger partial charge in [0.1, 0.15) is 5.60 Å². The number of hydrogen-bond donors (Lipinski definition) is 2. The number of anilines is 2. The van der Waals surface area contributed by atoms with Gasteiger partial charge in [-0.3, -0.25) is 5.32 Å². The Morgan fingerprint density at radius 3 is 2.62 bits per heavy atom. The minimum atomic E-state index is -0.506. The summed E-state index contributed by atoms with van der Waals surface area (Å²) >= 11 is 1.74. The van der Waals surface area contributed by atoms with Crippen molar-refractivity contribution in [2.45, 2.75) is 37.7 Å². The molecule has 1 amide bonds. The SMILES string of the molecule is CC(C)(C)OC(=O)Nc1cccc(SCCc2cccc(N)c2)c1. The molecule has 128 valence electrons. The van der Waals surface area contributed by atoms with E-state index in [2.05, 4.69) is 11.4 Å². The Labute approximate surface area is 147 Å². The Morgan fingerprint density at radius 2 is 1.92 bits per heavy atom. The highest BCUT2D eigenvalue weighted by atomic mass is 32.2. The van der Waals surface area contributed by atoms with E-state index in [0.29, 0.717) is 0 Å². The third-order valence-corrected chi connectivity index (χ3v) is 4.09. The minimum absolute atomic E-state index is 0.440. The van der Waals surface area contributed by atoms with Crippen molar-refractivity contribution < 1.29 is 9.53 Å². The topological polar surface area (TPSA) is 64.3 Å². The molecule has 2 rings (SSSR count). The van der Waals surface area contributed by atoms with Crippen LogP contribution in [0.5, 0.6) is 0 Å². The molecule has 0 radical (unpaired) electrons.